The van der Waals surface area contributed by atoms with Gasteiger partial charge < -0.3 is 9.84 Å². The molecule has 1 N–H and O–H groups in total. The van der Waals surface area contributed by atoms with Crippen LogP contribution in [0.4, 0.5) is 5.82 Å². The number of halogens is 1. The first-order chi connectivity index (χ1) is 5.72. The van der Waals surface area contributed by atoms with E-state index in [-0.39, 0.29) is 6.04 Å². The zero-order valence-electron chi connectivity index (χ0n) is 6.89. The van der Waals surface area contributed by atoms with Gasteiger partial charge in [-0.2, -0.15) is 0 Å². The monoisotopic (exact) mass is 276 g/mol. The Morgan fingerprint density at radius 2 is 2.50 bits per heavy atom. The van der Waals surface area contributed by atoms with Crippen molar-refractivity contribution in [2.45, 2.75) is 19.9 Å². The number of aryl methyl sites for hydroxylation is 1. The van der Waals surface area contributed by atoms with Gasteiger partial charge in [0, 0.05) is 28.7 Å². The fraction of sp³-hybridized carbons (Fsp3) is 0.375. The summed E-state index contributed by atoms with van der Waals surface area (Å²) in [5.41, 5.74) is 0. The van der Waals surface area contributed by atoms with Gasteiger partial charge in [0.2, 0.25) is 0 Å². The fourth-order valence-corrected chi connectivity index (χ4v) is 1.24. The van der Waals surface area contributed by atoms with Crippen molar-refractivity contribution in [3.8, 4) is 9.85 Å². The van der Waals surface area contributed by atoms with Crippen LogP contribution in [-0.2, 0) is 0 Å². The first-order valence-electron chi connectivity index (χ1n) is 3.53. The van der Waals surface area contributed by atoms with Gasteiger partial charge in [0.05, 0.1) is 6.04 Å². The molecule has 0 saturated carbocycles. The standard InChI is InChI=1S/C8H9IN2O/c1-6(3-4-9)10-8-5-7(2)12-11-8/h5-6H,1-2H3,(H,10,11). The van der Waals surface area contributed by atoms with Gasteiger partial charge >= 0.3 is 0 Å². The van der Waals surface area contributed by atoms with Gasteiger partial charge in [-0.1, -0.05) is 11.1 Å². The number of hydrogen-bond donors (Lipinski definition) is 1. The van der Waals surface area contributed by atoms with Crippen LogP contribution in [0.1, 0.15) is 12.7 Å². The zero-order chi connectivity index (χ0) is 8.97. The summed E-state index contributed by atoms with van der Waals surface area (Å²) in [6.07, 6.45) is 0. The van der Waals surface area contributed by atoms with E-state index in [1.807, 2.05) is 42.5 Å². The van der Waals surface area contributed by atoms with Crippen LogP contribution in [0.5, 0.6) is 0 Å². The summed E-state index contributed by atoms with van der Waals surface area (Å²) >= 11 is 2.01. The second-order valence-corrected chi connectivity index (χ2v) is 2.97. The molecule has 0 aromatic carbocycles. The molecule has 0 saturated heterocycles. The lowest BCUT2D eigenvalue weighted by Crippen LogP contribution is -2.12. The second kappa shape index (κ2) is 4.36. The summed E-state index contributed by atoms with van der Waals surface area (Å²) < 4.78 is 7.67. The first kappa shape index (κ1) is 9.39. The Morgan fingerprint density at radius 1 is 1.75 bits per heavy atom. The van der Waals surface area contributed by atoms with Gasteiger partial charge in [0.1, 0.15) is 5.76 Å². The summed E-state index contributed by atoms with van der Waals surface area (Å²) in [6.45, 7) is 3.82. The van der Waals surface area contributed by atoms with Crippen molar-refractivity contribution < 1.29 is 4.52 Å². The van der Waals surface area contributed by atoms with E-state index < -0.39 is 0 Å². The number of anilines is 1. The van der Waals surface area contributed by atoms with Crippen LogP contribution in [0.25, 0.3) is 0 Å². The van der Waals surface area contributed by atoms with Crippen LogP contribution in [0, 0.1) is 16.8 Å². The normalized spacial score (nSPS) is 11.6. The Kier molecular flexibility index (Phi) is 3.41. The minimum atomic E-state index is 0.103. The van der Waals surface area contributed by atoms with Crippen molar-refractivity contribution in [1.29, 1.82) is 0 Å². The van der Waals surface area contributed by atoms with E-state index in [9.17, 15) is 0 Å². The Bertz CT molecular complexity index is 310. The molecular weight excluding hydrogens is 267 g/mol. The summed E-state index contributed by atoms with van der Waals surface area (Å²) in [6, 6.07) is 1.94. The highest BCUT2D eigenvalue weighted by atomic mass is 127. The predicted molar refractivity (Wildman–Crippen MR) is 56.1 cm³/mol. The van der Waals surface area contributed by atoms with Gasteiger partial charge in [-0.25, -0.2) is 0 Å². The number of nitrogens with zero attached hydrogens (tertiary/aromatic N) is 1. The molecule has 4 heteroatoms. The molecule has 0 amide bonds. The predicted octanol–water partition coefficient (Wildman–Crippen LogP) is 2.18. The van der Waals surface area contributed by atoms with Crippen LogP contribution in [0.3, 0.4) is 0 Å². The lowest BCUT2D eigenvalue weighted by atomic mass is 10.3. The topological polar surface area (TPSA) is 38.1 Å². The summed E-state index contributed by atoms with van der Waals surface area (Å²) in [4.78, 5) is 0. The van der Waals surface area contributed by atoms with Crippen molar-refractivity contribution in [3.05, 3.63) is 11.8 Å². The second-order valence-electron chi connectivity index (χ2n) is 2.43. The Balaban J connectivity index is 2.56. The fourth-order valence-electron chi connectivity index (χ4n) is 0.774. The van der Waals surface area contributed by atoms with E-state index in [1.54, 1.807) is 0 Å². The summed E-state index contributed by atoms with van der Waals surface area (Å²) in [5, 5.41) is 6.86. The highest BCUT2D eigenvalue weighted by Gasteiger charge is 2.01. The molecule has 1 aromatic rings. The maximum absolute atomic E-state index is 4.88. The molecule has 1 heterocycles. The molecule has 12 heavy (non-hydrogen) atoms. The van der Waals surface area contributed by atoms with E-state index in [2.05, 4.69) is 20.3 Å². The average Bonchev–Trinajstić information content (AvgIpc) is 2.36. The minimum absolute atomic E-state index is 0.103. The number of hydrogen-bond acceptors (Lipinski definition) is 3. The highest BCUT2D eigenvalue weighted by Crippen LogP contribution is 2.07. The van der Waals surface area contributed by atoms with Crippen molar-refractivity contribution in [2.24, 2.45) is 0 Å². The summed E-state index contributed by atoms with van der Waals surface area (Å²) in [7, 11) is 0. The molecule has 0 fully saturated rings. The molecule has 3 nitrogen and oxygen atoms in total. The van der Waals surface area contributed by atoms with E-state index in [0.29, 0.717) is 0 Å². The largest absolute Gasteiger partial charge is 0.360 e. The number of rotatable bonds is 2. The molecule has 1 aromatic heterocycles. The molecule has 0 aliphatic carbocycles. The Labute approximate surface area is 85.0 Å². The zero-order valence-corrected chi connectivity index (χ0v) is 9.05. The van der Waals surface area contributed by atoms with Crippen LogP contribution < -0.4 is 5.32 Å². The van der Waals surface area contributed by atoms with E-state index in [0.717, 1.165) is 11.6 Å². The van der Waals surface area contributed by atoms with E-state index >= 15 is 0 Å². The van der Waals surface area contributed by atoms with Gasteiger partial charge in [0.15, 0.2) is 5.82 Å². The molecule has 1 rings (SSSR count). The molecule has 0 spiro atoms. The lowest BCUT2D eigenvalue weighted by Gasteiger charge is -2.02. The first-order valence-corrected chi connectivity index (χ1v) is 4.61. The third-order valence-corrected chi connectivity index (χ3v) is 1.57. The minimum Gasteiger partial charge on any atom is -0.360 e. The summed E-state index contributed by atoms with van der Waals surface area (Å²) in [5.74, 6) is 4.48. The van der Waals surface area contributed by atoms with Gasteiger partial charge in [0.25, 0.3) is 0 Å². The molecule has 0 radical (unpaired) electrons. The van der Waals surface area contributed by atoms with Gasteiger partial charge in [-0.05, 0) is 17.8 Å². The Hall–Kier alpha value is -0.700. The number of aromatic nitrogens is 1. The van der Waals surface area contributed by atoms with Crippen molar-refractivity contribution in [3.63, 3.8) is 0 Å². The third kappa shape index (κ3) is 2.74. The maximum atomic E-state index is 4.88. The quantitative estimate of drug-likeness (QED) is 0.664. The van der Waals surface area contributed by atoms with Gasteiger partial charge in [-0.15, -0.1) is 0 Å². The van der Waals surface area contributed by atoms with Crippen LogP contribution in [-0.4, -0.2) is 11.2 Å². The van der Waals surface area contributed by atoms with Crippen molar-refractivity contribution >= 4 is 28.4 Å². The van der Waals surface area contributed by atoms with E-state index in [4.69, 9.17) is 4.52 Å². The smallest absolute Gasteiger partial charge is 0.170 e. The Morgan fingerprint density at radius 3 is 3.00 bits per heavy atom. The van der Waals surface area contributed by atoms with Crippen molar-refractivity contribution in [1.82, 2.24) is 5.16 Å². The lowest BCUT2D eigenvalue weighted by molar-refractivity contribution is 0.399. The van der Waals surface area contributed by atoms with E-state index in [1.165, 1.54) is 0 Å². The number of nitrogens with one attached hydrogen (secondary N) is 1. The third-order valence-electron chi connectivity index (χ3n) is 1.26. The average molecular weight is 276 g/mol. The highest BCUT2D eigenvalue weighted by molar-refractivity contribution is 14.1. The molecule has 1 unspecified atom stereocenters. The van der Waals surface area contributed by atoms with Crippen LogP contribution in [0.15, 0.2) is 10.6 Å². The molecule has 1 atom stereocenters. The molecule has 0 aliphatic rings. The maximum Gasteiger partial charge on any atom is 0.170 e. The molecule has 0 aliphatic heterocycles. The SMILES string of the molecule is Cc1cc(NC(C)C#CI)no1. The van der Waals surface area contributed by atoms with Crippen LogP contribution in [0.2, 0.25) is 0 Å². The molecular formula is C8H9IN2O. The van der Waals surface area contributed by atoms with Crippen molar-refractivity contribution in [2.75, 3.05) is 5.32 Å². The van der Waals surface area contributed by atoms with Crippen LogP contribution >= 0.6 is 22.6 Å². The molecule has 0 bridgehead atoms. The molecule has 64 valence electrons. The van der Waals surface area contributed by atoms with Gasteiger partial charge in [-0.3, -0.25) is 0 Å².